The number of piperazine rings is 1. The van der Waals surface area contributed by atoms with Gasteiger partial charge in [0.2, 0.25) is 11.8 Å². The normalized spacial score (nSPS) is 25.4. The molecule has 6 heteroatoms. The summed E-state index contributed by atoms with van der Waals surface area (Å²) in [6.45, 7) is 10.3. The predicted molar refractivity (Wildman–Crippen MR) is 107 cm³/mol. The Morgan fingerprint density at radius 1 is 1.00 bits per heavy atom. The van der Waals surface area contributed by atoms with E-state index in [4.69, 9.17) is 0 Å². The lowest BCUT2D eigenvalue weighted by atomic mass is 10.1. The van der Waals surface area contributed by atoms with E-state index in [0.29, 0.717) is 18.9 Å². The van der Waals surface area contributed by atoms with Crippen LogP contribution in [0.2, 0.25) is 0 Å². The Kier molecular flexibility index (Phi) is 7.53. The summed E-state index contributed by atoms with van der Waals surface area (Å²) in [4.78, 5) is 31.5. The van der Waals surface area contributed by atoms with Gasteiger partial charge < -0.3 is 10.2 Å². The van der Waals surface area contributed by atoms with E-state index in [1.165, 1.54) is 25.7 Å². The van der Waals surface area contributed by atoms with Crippen molar-refractivity contribution in [1.29, 1.82) is 0 Å². The van der Waals surface area contributed by atoms with Gasteiger partial charge in [-0.1, -0.05) is 26.7 Å². The first-order valence-corrected chi connectivity index (χ1v) is 11.0. The molecule has 3 aliphatic rings. The Morgan fingerprint density at radius 3 is 2.37 bits per heavy atom. The monoisotopic (exact) mass is 378 g/mol. The van der Waals surface area contributed by atoms with Crippen LogP contribution in [0.4, 0.5) is 0 Å². The van der Waals surface area contributed by atoms with Gasteiger partial charge in [-0.3, -0.25) is 19.4 Å². The quantitative estimate of drug-likeness (QED) is 0.733. The van der Waals surface area contributed by atoms with Gasteiger partial charge in [-0.2, -0.15) is 0 Å². The van der Waals surface area contributed by atoms with E-state index in [9.17, 15) is 9.59 Å². The van der Waals surface area contributed by atoms with Gasteiger partial charge in [0.15, 0.2) is 0 Å². The molecule has 2 heterocycles. The van der Waals surface area contributed by atoms with Gasteiger partial charge in [0.1, 0.15) is 0 Å². The van der Waals surface area contributed by atoms with Crippen molar-refractivity contribution >= 4 is 11.8 Å². The minimum absolute atomic E-state index is 0.157. The number of likely N-dealkylation sites (tertiary alicyclic amines) is 1. The van der Waals surface area contributed by atoms with E-state index in [1.54, 1.807) is 0 Å². The van der Waals surface area contributed by atoms with Crippen molar-refractivity contribution in [3.63, 3.8) is 0 Å². The third kappa shape index (κ3) is 6.18. The van der Waals surface area contributed by atoms with Gasteiger partial charge in [0.05, 0.1) is 6.54 Å². The first-order chi connectivity index (χ1) is 13.0. The SMILES string of the molecule is CC(C)CCC(=O)NC1CCN(CC(=O)N2CCN(C3CCCC3)CC2)C1. The molecule has 2 aliphatic heterocycles. The van der Waals surface area contributed by atoms with Crippen molar-refractivity contribution in [1.82, 2.24) is 20.0 Å². The third-order valence-corrected chi connectivity index (χ3v) is 6.45. The summed E-state index contributed by atoms with van der Waals surface area (Å²) < 4.78 is 0. The van der Waals surface area contributed by atoms with Crippen LogP contribution in [-0.2, 0) is 9.59 Å². The lowest BCUT2D eigenvalue weighted by Gasteiger charge is -2.38. The summed E-state index contributed by atoms with van der Waals surface area (Å²) in [6.07, 6.45) is 7.92. The van der Waals surface area contributed by atoms with Gasteiger partial charge >= 0.3 is 0 Å². The van der Waals surface area contributed by atoms with Crippen LogP contribution in [0.25, 0.3) is 0 Å². The van der Waals surface area contributed by atoms with Crippen molar-refractivity contribution in [2.45, 2.75) is 70.9 Å². The smallest absolute Gasteiger partial charge is 0.236 e. The maximum absolute atomic E-state index is 12.7. The molecule has 27 heavy (non-hydrogen) atoms. The molecule has 3 fully saturated rings. The van der Waals surface area contributed by atoms with Crippen LogP contribution in [-0.4, -0.2) is 84.4 Å². The molecule has 1 aliphatic carbocycles. The number of carbonyl (C=O) groups is 2. The average Bonchev–Trinajstić information content (AvgIpc) is 3.32. The number of rotatable bonds is 7. The van der Waals surface area contributed by atoms with E-state index in [1.807, 2.05) is 4.90 Å². The van der Waals surface area contributed by atoms with E-state index >= 15 is 0 Å². The summed E-state index contributed by atoms with van der Waals surface area (Å²) in [7, 11) is 0. The molecule has 0 bridgehead atoms. The van der Waals surface area contributed by atoms with E-state index in [0.717, 1.165) is 58.2 Å². The number of amides is 2. The molecule has 2 amide bonds. The largest absolute Gasteiger partial charge is 0.352 e. The molecule has 1 N–H and O–H groups in total. The van der Waals surface area contributed by atoms with Gasteiger partial charge in [-0.25, -0.2) is 0 Å². The second-order valence-electron chi connectivity index (χ2n) is 9.08. The van der Waals surface area contributed by atoms with E-state index < -0.39 is 0 Å². The number of carbonyl (C=O) groups excluding carboxylic acids is 2. The maximum Gasteiger partial charge on any atom is 0.236 e. The minimum atomic E-state index is 0.157. The van der Waals surface area contributed by atoms with Gasteiger partial charge in [0, 0.05) is 57.8 Å². The second-order valence-corrected chi connectivity index (χ2v) is 9.08. The number of hydrogen-bond acceptors (Lipinski definition) is 4. The summed E-state index contributed by atoms with van der Waals surface area (Å²) in [5.74, 6) is 0.973. The lowest BCUT2D eigenvalue weighted by Crippen LogP contribution is -2.53. The lowest BCUT2D eigenvalue weighted by molar-refractivity contribution is -0.134. The van der Waals surface area contributed by atoms with Crippen LogP contribution in [0.15, 0.2) is 0 Å². The highest BCUT2D eigenvalue weighted by molar-refractivity contribution is 5.78. The number of nitrogens with one attached hydrogen (secondary N) is 1. The molecule has 6 nitrogen and oxygen atoms in total. The van der Waals surface area contributed by atoms with Gasteiger partial charge in [-0.05, 0) is 31.6 Å². The number of nitrogens with zero attached hydrogens (tertiary/aromatic N) is 3. The van der Waals surface area contributed by atoms with Gasteiger partial charge in [0.25, 0.3) is 0 Å². The topological polar surface area (TPSA) is 55.9 Å². The Balaban J connectivity index is 1.33. The standard InChI is InChI=1S/C21H38N4O2/c1-17(2)7-8-20(26)22-18-9-10-23(15-18)16-21(27)25-13-11-24(12-14-25)19-5-3-4-6-19/h17-19H,3-16H2,1-2H3,(H,22,26). The molecular weight excluding hydrogens is 340 g/mol. The van der Waals surface area contributed by atoms with Crippen molar-refractivity contribution in [3.8, 4) is 0 Å². The van der Waals surface area contributed by atoms with Crippen LogP contribution in [0.5, 0.6) is 0 Å². The first-order valence-electron chi connectivity index (χ1n) is 11.0. The summed E-state index contributed by atoms with van der Waals surface area (Å²) in [5, 5.41) is 3.14. The highest BCUT2D eigenvalue weighted by Crippen LogP contribution is 2.24. The van der Waals surface area contributed by atoms with Crippen LogP contribution in [0, 0.1) is 5.92 Å². The van der Waals surface area contributed by atoms with Crippen molar-refractivity contribution < 1.29 is 9.59 Å². The molecule has 2 saturated heterocycles. The highest BCUT2D eigenvalue weighted by atomic mass is 16.2. The summed E-state index contributed by atoms with van der Waals surface area (Å²) >= 11 is 0. The Bertz CT molecular complexity index is 496. The van der Waals surface area contributed by atoms with Gasteiger partial charge in [-0.15, -0.1) is 0 Å². The zero-order chi connectivity index (χ0) is 19.2. The fraction of sp³-hybridized carbons (Fsp3) is 0.905. The van der Waals surface area contributed by atoms with Crippen molar-refractivity contribution in [2.24, 2.45) is 5.92 Å². The zero-order valence-corrected chi connectivity index (χ0v) is 17.3. The Hall–Kier alpha value is -1.14. The molecule has 0 radical (unpaired) electrons. The average molecular weight is 379 g/mol. The molecule has 154 valence electrons. The molecule has 1 saturated carbocycles. The fourth-order valence-electron chi connectivity index (χ4n) is 4.71. The van der Waals surface area contributed by atoms with Crippen LogP contribution in [0.1, 0.15) is 58.8 Å². The van der Waals surface area contributed by atoms with Crippen LogP contribution in [0.3, 0.4) is 0 Å². The minimum Gasteiger partial charge on any atom is -0.352 e. The Morgan fingerprint density at radius 2 is 1.70 bits per heavy atom. The summed E-state index contributed by atoms with van der Waals surface area (Å²) in [5.41, 5.74) is 0. The maximum atomic E-state index is 12.7. The Labute approximate surface area is 164 Å². The van der Waals surface area contributed by atoms with E-state index in [2.05, 4.69) is 29.0 Å². The first kappa shape index (κ1) is 20.6. The van der Waals surface area contributed by atoms with Crippen molar-refractivity contribution in [2.75, 3.05) is 45.8 Å². The molecule has 1 unspecified atom stereocenters. The van der Waals surface area contributed by atoms with Crippen molar-refractivity contribution in [3.05, 3.63) is 0 Å². The fourth-order valence-corrected chi connectivity index (χ4v) is 4.71. The number of hydrogen-bond donors (Lipinski definition) is 1. The second kappa shape index (κ2) is 9.87. The molecule has 0 aromatic heterocycles. The van der Waals surface area contributed by atoms with Crippen LogP contribution < -0.4 is 5.32 Å². The highest BCUT2D eigenvalue weighted by Gasteiger charge is 2.30. The molecule has 0 spiro atoms. The zero-order valence-electron chi connectivity index (χ0n) is 17.3. The molecule has 0 aromatic carbocycles. The molecule has 1 atom stereocenters. The molecule has 0 aromatic rings. The predicted octanol–water partition coefficient (Wildman–Crippen LogP) is 1.70. The van der Waals surface area contributed by atoms with Crippen LogP contribution >= 0.6 is 0 Å². The summed E-state index contributed by atoms with van der Waals surface area (Å²) in [6, 6.07) is 0.970. The molecular formula is C21H38N4O2. The third-order valence-electron chi connectivity index (χ3n) is 6.45. The van der Waals surface area contributed by atoms with E-state index in [-0.39, 0.29) is 17.9 Å². The molecule has 3 rings (SSSR count).